The van der Waals surface area contributed by atoms with Crippen molar-refractivity contribution < 1.29 is 19.8 Å². The Morgan fingerprint density at radius 3 is 2.17 bits per heavy atom. The van der Waals surface area contributed by atoms with Gasteiger partial charge in [0.1, 0.15) is 12.1 Å². The van der Waals surface area contributed by atoms with Gasteiger partial charge in [0, 0.05) is 0 Å². The average molecular weight is 260 g/mol. The van der Waals surface area contributed by atoms with Gasteiger partial charge in [-0.15, -0.1) is 0 Å². The minimum absolute atomic E-state index is 0.0718. The summed E-state index contributed by atoms with van der Waals surface area (Å²) in [5, 5.41) is 16.9. The van der Waals surface area contributed by atoms with Gasteiger partial charge in [-0.3, -0.25) is 14.5 Å². The lowest BCUT2D eigenvalue weighted by molar-refractivity contribution is -0.142. The van der Waals surface area contributed by atoms with Gasteiger partial charge in [-0.1, -0.05) is 20.3 Å². The molecule has 6 heteroatoms. The first kappa shape index (κ1) is 16.9. The molecule has 1 rings (SSSR count). The van der Waals surface area contributed by atoms with Gasteiger partial charge in [0.2, 0.25) is 0 Å². The number of nitrogens with zero attached hydrogens (tertiary/aromatic N) is 1. The van der Waals surface area contributed by atoms with E-state index in [0.717, 1.165) is 25.8 Å². The number of rotatable bonds is 4. The molecule has 0 unspecified atom stereocenters. The summed E-state index contributed by atoms with van der Waals surface area (Å²) < 4.78 is 0. The van der Waals surface area contributed by atoms with Crippen LogP contribution in [0.15, 0.2) is 0 Å². The van der Waals surface area contributed by atoms with Crippen molar-refractivity contribution in [2.75, 3.05) is 13.6 Å². The van der Waals surface area contributed by atoms with Crippen molar-refractivity contribution in [3.63, 3.8) is 0 Å². The van der Waals surface area contributed by atoms with Gasteiger partial charge in [0.05, 0.1) is 0 Å². The number of carbonyl (C=O) groups is 2. The molecule has 106 valence electrons. The minimum Gasteiger partial charge on any atom is -0.480 e. The molecule has 6 nitrogen and oxygen atoms in total. The molecule has 1 fully saturated rings. The Kier molecular flexibility index (Phi) is 7.54. The Bertz CT molecular complexity index is 283. The number of hydrogen-bond acceptors (Lipinski definition) is 4. The molecule has 0 amide bonds. The molecule has 0 bridgehead atoms. The highest BCUT2D eigenvalue weighted by Gasteiger charge is 2.26. The SMILES string of the molecule is CC[C@@H](C)[C@@H](N)C(=O)O.CN1CCC[C@H]1C(=O)O. The minimum atomic E-state index is -0.913. The number of nitrogens with two attached hydrogens (primary N) is 1. The molecule has 1 heterocycles. The highest BCUT2D eigenvalue weighted by atomic mass is 16.4. The lowest BCUT2D eigenvalue weighted by atomic mass is 10.0. The molecule has 0 aliphatic carbocycles. The largest absolute Gasteiger partial charge is 0.480 e. The van der Waals surface area contributed by atoms with Crippen LogP contribution in [0.5, 0.6) is 0 Å². The highest BCUT2D eigenvalue weighted by molar-refractivity contribution is 5.73. The quantitative estimate of drug-likeness (QED) is 0.684. The molecular weight excluding hydrogens is 236 g/mol. The molecule has 0 aromatic rings. The third kappa shape index (κ3) is 5.46. The molecule has 4 N–H and O–H groups in total. The predicted molar refractivity (Wildman–Crippen MR) is 68.4 cm³/mol. The molecule has 1 aliphatic rings. The number of carboxylic acid groups (broad SMARTS) is 2. The first-order chi connectivity index (χ1) is 8.31. The van der Waals surface area contributed by atoms with E-state index >= 15 is 0 Å². The summed E-state index contributed by atoms with van der Waals surface area (Å²) in [5.41, 5.74) is 5.27. The fourth-order valence-electron chi connectivity index (χ4n) is 1.72. The second-order valence-electron chi connectivity index (χ2n) is 4.73. The maximum absolute atomic E-state index is 10.4. The molecule has 0 saturated carbocycles. The second kappa shape index (κ2) is 8.05. The van der Waals surface area contributed by atoms with Crippen LogP contribution in [0.3, 0.4) is 0 Å². The predicted octanol–water partition coefficient (Wildman–Crippen LogP) is 0.610. The monoisotopic (exact) mass is 260 g/mol. The summed E-state index contributed by atoms with van der Waals surface area (Å²) >= 11 is 0. The average Bonchev–Trinajstić information content (AvgIpc) is 2.74. The van der Waals surface area contributed by atoms with Gasteiger partial charge >= 0.3 is 11.9 Å². The van der Waals surface area contributed by atoms with Gasteiger partial charge in [0.15, 0.2) is 0 Å². The fourth-order valence-corrected chi connectivity index (χ4v) is 1.72. The van der Waals surface area contributed by atoms with Gasteiger partial charge in [-0.05, 0) is 32.4 Å². The van der Waals surface area contributed by atoms with E-state index in [1.54, 1.807) is 0 Å². The zero-order valence-corrected chi connectivity index (χ0v) is 11.3. The Balaban J connectivity index is 0.000000321. The van der Waals surface area contributed by atoms with Crippen molar-refractivity contribution in [3.05, 3.63) is 0 Å². The summed E-state index contributed by atoms with van der Waals surface area (Å²) in [6.45, 7) is 4.68. The van der Waals surface area contributed by atoms with Gasteiger partial charge in [-0.25, -0.2) is 0 Å². The third-order valence-corrected chi connectivity index (χ3v) is 3.35. The molecule has 0 spiro atoms. The lowest BCUT2D eigenvalue weighted by Crippen LogP contribution is -2.36. The van der Waals surface area contributed by atoms with E-state index < -0.39 is 18.0 Å². The van der Waals surface area contributed by atoms with E-state index in [1.807, 2.05) is 25.8 Å². The molecule has 3 atom stereocenters. The second-order valence-corrected chi connectivity index (χ2v) is 4.73. The topological polar surface area (TPSA) is 104 Å². The van der Waals surface area contributed by atoms with E-state index in [1.165, 1.54) is 0 Å². The molecule has 0 radical (unpaired) electrons. The van der Waals surface area contributed by atoms with Crippen LogP contribution in [0, 0.1) is 5.92 Å². The Morgan fingerprint density at radius 2 is 2.00 bits per heavy atom. The van der Waals surface area contributed by atoms with Crippen molar-refractivity contribution in [3.8, 4) is 0 Å². The standard InChI is InChI=1S/C6H11NO2.C6H13NO2/c1-7-4-2-3-5(7)6(8)9;1-3-4(2)5(7)6(8)9/h5H,2-4H2,1H3,(H,8,9);4-5H,3,7H2,1-2H3,(H,8,9)/t5-;4-,5-/m01/s1. The van der Waals surface area contributed by atoms with Gasteiger partial charge in [-0.2, -0.15) is 0 Å². The number of hydrogen-bond donors (Lipinski definition) is 3. The summed E-state index contributed by atoms with van der Waals surface area (Å²) in [7, 11) is 1.85. The Morgan fingerprint density at radius 1 is 1.44 bits per heavy atom. The van der Waals surface area contributed by atoms with Crippen LogP contribution in [-0.4, -0.2) is 52.7 Å². The van der Waals surface area contributed by atoms with Crippen molar-refractivity contribution in [2.24, 2.45) is 11.7 Å². The molecule has 0 aromatic carbocycles. The highest BCUT2D eigenvalue weighted by Crippen LogP contribution is 2.13. The van der Waals surface area contributed by atoms with Crippen LogP contribution in [0.2, 0.25) is 0 Å². The Hall–Kier alpha value is -1.14. The third-order valence-electron chi connectivity index (χ3n) is 3.35. The number of likely N-dealkylation sites (tertiary alicyclic amines) is 1. The summed E-state index contributed by atoms with van der Waals surface area (Å²) in [6.07, 6.45) is 2.65. The Labute approximate surface area is 108 Å². The van der Waals surface area contributed by atoms with E-state index in [9.17, 15) is 9.59 Å². The molecule has 1 aliphatic heterocycles. The summed E-state index contributed by atoms with van der Waals surface area (Å²) in [5.74, 6) is -1.53. The fraction of sp³-hybridized carbons (Fsp3) is 0.833. The van der Waals surface area contributed by atoms with E-state index in [2.05, 4.69) is 0 Å². The van der Waals surface area contributed by atoms with Crippen molar-refractivity contribution in [2.45, 2.75) is 45.2 Å². The van der Waals surface area contributed by atoms with E-state index in [0.29, 0.717) is 0 Å². The van der Waals surface area contributed by atoms with Crippen LogP contribution in [0.25, 0.3) is 0 Å². The van der Waals surface area contributed by atoms with Gasteiger partial charge in [0.25, 0.3) is 0 Å². The normalized spacial score (nSPS) is 22.8. The molecular formula is C12H24N2O4. The van der Waals surface area contributed by atoms with Crippen molar-refractivity contribution in [1.82, 2.24) is 4.90 Å². The zero-order chi connectivity index (χ0) is 14.3. The van der Waals surface area contributed by atoms with Crippen molar-refractivity contribution >= 4 is 11.9 Å². The van der Waals surface area contributed by atoms with E-state index in [4.69, 9.17) is 15.9 Å². The van der Waals surface area contributed by atoms with Crippen LogP contribution >= 0.6 is 0 Å². The molecule has 1 saturated heterocycles. The summed E-state index contributed by atoms with van der Waals surface area (Å²) in [6, 6.07) is -0.917. The molecule has 0 aromatic heterocycles. The maximum atomic E-state index is 10.4. The van der Waals surface area contributed by atoms with Crippen LogP contribution in [0.4, 0.5) is 0 Å². The van der Waals surface area contributed by atoms with Crippen molar-refractivity contribution in [1.29, 1.82) is 0 Å². The van der Waals surface area contributed by atoms with Gasteiger partial charge < -0.3 is 15.9 Å². The molecule has 18 heavy (non-hydrogen) atoms. The van der Waals surface area contributed by atoms with E-state index in [-0.39, 0.29) is 12.0 Å². The maximum Gasteiger partial charge on any atom is 0.320 e. The first-order valence-electron chi connectivity index (χ1n) is 6.22. The summed E-state index contributed by atoms with van der Waals surface area (Å²) in [4.78, 5) is 22.4. The lowest BCUT2D eigenvalue weighted by Gasteiger charge is -2.13. The number of carboxylic acids is 2. The van der Waals surface area contributed by atoms with Crippen LogP contribution in [0.1, 0.15) is 33.1 Å². The zero-order valence-electron chi connectivity index (χ0n) is 11.3. The smallest absolute Gasteiger partial charge is 0.320 e. The number of aliphatic carboxylic acids is 2. The first-order valence-corrected chi connectivity index (χ1v) is 6.22. The van der Waals surface area contributed by atoms with Crippen LogP contribution in [-0.2, 0) is 9.59 Å². The van der Waals surface area contributed by atoms with Crippen LogP contribution < -0.4 is 5.73 Å². The number of likely N-dealkylation sites (N-methyl/N-ethyl adjacent to an activating group) is 1.